The Morgan fingerprint density at radius 2 is 2.13 bits per heavy atom. The summed E-state index contributed by atoms with van der Waals surface area (Å²) in [7, 11) is 5.75. The highest BCUT2D eigenvalue weighted by atomic mass is 35.5. The number of aromatic nitrogens is 3. The summed E-state index contributed by atoms with van der Waals surface area (Å²) < 4.78 is 5.74. The summed E-state index contributed by atoms with van der Waals surface area (Å²) in [4.78, 5) is 29.2. The van der Waals surface area contributed by atoms with Crippen molar-refractivity contribution in [2.75, 3.05) is 49.8 Å². The summed E-state index contributed by atoms with van der Waals surface area (Å²) in [6.45, 7) is 5.55. The number of hydrogen-bond donors (Lipinski definition) is 3. The number of likely N-dealkylation sites (N-methyl/N-ethyl adjacent to an activating group) is 2. The number of halogens is 1. The van der Waals surface area contributed by atoms with Gasteiger partial charge < -0.3 is 30.2 Å². The maximum absolute atomic E-state index is 12.3. The molecule has 2 aromatic carbocycles. The second-order valence-corrected chi connectivity index (χ2v) is 9.75. The van der Waals surface area contributed by atoms with E-state index < -0.39 is 0 Å². The van der Waals surface area contributed by atoms with Crippen LogP contribution in [0.1, 0.15) is 6.42 Å². The normalized spacial score (nSPS) is 15.4. The van der Waals surface area contributed by atoms with Crippen molar-refractivity contribution in [3.8, 4) is 17.0 Å². The second-order valence-electron chi connectivity index (χ2n) is 9.34. The van der Waals surface area contributed by atoms with Gasteiger partial charge in [-0.2, -0.15) is 0 Å². The van der Waals surface area contributed by atoms with Gasteiger partial charge in [-0.15, -0.1) is 0 Å². The van der Waals surface area contributed by atoms with E-state index in [0.717, 1.165) is 41.7 Å². The number of hydrogen-bond acceptors (Lipinski definition) is 7. The first-order chi connectivity index (χ1) is 18.4. The van der Waals surface area contributed by atoms with Gasteiger partial charge in [0.05, 0.1) is 41.1 Å². The number of benzene rings is 2. The number of fused-ring (bicyclic) bond motifs is 1. The van der Waals surface area contributed by atoms with Gasteiger partial charge in [-0.05, 0) is 38.2 Å². The summed E-state index contributed by atoms with van der Waals surface area (Å²) in [6.07, 6.45) is 5.73. The zero-order valence-electron chi connectivity index (χ0n) is 21.6. The molecule has 4 aromatic rings. The van der Waals surface area contributed by atoms with Crippen molar-refractivity contribution in [2.45, 2.75) is 12.5 Å². The third-order valence-electron chi connectivity index (χ3n) is 6.89. The summed E-state index contributed by atoms with van der Waals surface area (Å²) in [5.74, 6) is 0.623. The zero-order valence-corrected chi connectivity index (χ0v) is 22.3. The number of rotatable bonds is 8. The maximum Gasteiger partial charge on any atom is 0.247 e. The van der Waals surface area contributed by atoms with Gasteiger partial charge in [-0.25, -0.2) is 9.97 Å². The lowest BCUT2D eigenvalue weighted by atomic mass is 10.1. The molecule has 38 heavy (non-hydrogen) atoms. The molecule has 9 nitrogen and oxygen atoms in total. The minimum absolute atomic E-state index is 0.302. The molecule has 1 amide bonds. The molecule has 196 valence electrons. The lowest BCUT2D eigenvalue weighted by Gasteiger charge is -2.29. The van der Waals surface area contributed by atoms with Crippen LogP contribution >= 0.6 is 11.6 Å². The van der Waals surface area contributed by atoms with E-state index >= 15 is 0 Å². The molecule has 1 atom stereocenters. The van der Waals surface area contributed by atoms with Gasteiger partial charge in [0.25, 0.3) is 0 Å². The molecular weight excluding hydrogens is 502 g/mol. The lowest BCUT2D eigenvalue weighted by Crippen LogP contribution is -2.34. The Morgan fingerprint density at radius 1 is 1.32 bits per heavy atom. The van der Waals surface area contributed by atoms with Gasteiger partial charge in [0.2, 0.25) is 11.9 Å². The zero-order chi connectivity index (χ0) is 26.8. The van der Waals surface area contributed by atoms with Crippen LogP contribution in [0.15, 0.2) is 61.4 Å². The molecular formula is C28H30ClN7O2. The molecule has 1 unspecified atom stereocenters. The number of aromatic amines is 1. The third kappa shape index (κ3) is 5.03. The first-order valence-electron chi connectivity index (χ1n) is 12.3. The average molecular weight is 532 g/mol. The van der Waals surface area contributed by atoms with Crippen LogP contribution in [0.25, 0.3) is 22.2 Å². The Bertz CT molecular complexity index is 1500. The largest absolute Gasteiger partial charge is 0.494 e. The number of ether oxygens (including phenoxy) is 1. The van der Waals surface area contributed by atoms with Crippen molar-refractivity contribution in [2.24, 2.45) is 0 Å². The molecule has 0 radical (unpaired) electrons. The molecule has 1 aliphatic rings. The van der Waals surface area contributed by atoms with Gasteiger partial charge in [0, 0.05) is 48.4 Å². The van der Waals surface area contributed by atoms with E-state index in [2.05, 4.69) is 44.0 Å². The Kier molecular flexibility index (Phi) is 7.22. The average Bonchev–Trinajstić information content (AvgIpc) is 3.56. The van der Waals surface area contributed by atoms with Crippen LogP contribution < -0.4 is 20.3 Å². The highest BCUT2D eigenvalue weighted by Crippen LogP contribution is 2.40. The molecule has 0 aliphatic carbocycles. The SMILES string of the molecule is C=CC(=O)Nc1cc(Nc2ncc(Cl)c(-c3c[nH]c4ccccc34)n2)c(OC)cc1N(C)C1CCN(C)C1. The minimum Gasteiger partial charge on any atom is -0.494 e. The molecule has 0 saturated carbocycles. The first-order valence-corrected chi connectivity index (χ1v) is 12.7. The van der Waals surface area contributed by atoms with Crippen LogP contribution in [0.2, 0.25) is 5.02 Å². The van der Waals surface area contributed by atoms with E-state index in [1.54, 1.807) is 13.3 Å². The number of carbonyl (C=O) groups excluding carboxylic acids is 1. The molecule has 3 N–H and O–H groups in total. The number of para-hydroxylation sites is 1. The summed E-state index contributed by atoms with van der Waals surface area (Å²) in [5.41, 5.74) is 4.53. The molecule has 10 heteroatoms. The van der Waals surface area contributed by atoms with Gasteiger partial charge in [0.1, 0.15) is 5.75 Å². The fourth-order valence-electron chi connectivity index (χ4n) is 4.84. The number of carbonyl (C=O) groups is 1. The highest BCUT2D eigenvalue weighted by Gasteiger charge is 2.26. The van der Waals surface area contributed by atoms with E-state index in [1.807, 2.05) is 49.6 Å². The number of H-pyrrole nitrogens is 1. The van der Waals surface area contributed by atoms with E-state index in [1.165, 1.54) is 6.08 Å². The third-order valence-corrected chi connectivity index (χ3v) is 7.17. The van der Waals surface area contributed by atoms with Gasteiger partial charge in [0.15, 0.2) is 0 Å². The number of methoxy groups -OCH3 is 1. The van der Waals surface area contributed by atoms with Crippen LogP contribution in [0.5, 0.6) is 5.75 Å². The Labute approximate surface area is 226 Å². The maximum atomic E-state index is 12.3. The van der Waals surface area contributed by atoms with Crippen LogP contribution in [-0.4, -0.2) is 66.1 Å². The van der Waals surface area contributed by atoms with Crippen LogP contribution in [0, 0.1) is 0 Å². The van der Waals surface area contributed by atoms with Crippen LogP contribution in [-0.2, 0) is 4.79 Å². The van der Waals surface area contributed by atoms with Gasteiger partial charge in [-0.3, -0.25) is 4.79 Å². The predicted molar refractivity (Wildman–Crippen MR) is 154 cm³/mol. The molecule has 1 fully saturated rings. The quantitative estimate of drug-likeness (QED) is 0.265. The van der Waals surface area contributed by atoms with Crippen molar-refractivity contribution in [3.05, 3.63) is 66.5 Å². The smallest absolute Gasteiger partial charge is 0.247 e. The number of anilines is 4. The fraction of sp³-hybridized carbons (Fsp3) is 0.250. The van der Waals surface area contributed by atoms with Crippen molar-refractivity contribution in [1.82, 2.24) is 19.9 Å². The molecule has 0 bridgehead atoms. The molecule has 3 heterocycles. The van der Waals surface area contributed by atoms with E-state index in [9.17, 15) is 4.79 Å². The number of nitrogens with one attached hydrogen (secondary N) is 3. The Hall–Kier alpha value is -4.08. The summed E-state index contributed by atoms with van der Waals surface area (Å²) in [6, 6.07) is 12.0. The van der Waals surface area contributed by atoms with Crippen LogP contribution in [0.3, 0.4) is 0 Å². The van der Waals surface area contributed by atoms with Gasteiger partial charge >= 0.3 is 0 Å². The van der Waals surface area contributed by atoms with Crippen molar-refractivity contribution in [3.63, 3.8) is 0 Å². The topological polar surface area (TPSA) is 98.4 Å². The summed E-state index contributed by atoms with van der Waals surface area (Å²) >= 11 is 6.52. The van der Waals surface area contributed by atoms with Crippen molar-refractivity contribution >= 4 is 51.4 Å². The van der Waals surface area contributed by atoms with Gasteiger partial charge in [-0.1, -0.05) is 36.4 Å². The molecule has 5 rings (SSSR count). The lowest BCUT2D eigenvalue weighted by molar-refractivity contribution is -0.111. The Balaban J connectivity index is 1.52. The van der Waals surface area contributed by atoms with Crippen LogP contribution in [0.4, 0.5) is 23.0 Å². The number of nitrogens with zero attached hydrogens (tertiary/aromatic N) is 4. The predicted octanol–water partition coefficient (Wildman–Crippen LogP) is 5.30. The molecule has 1 aliphatic heterocycles. The first kappa shape index (κ1) is 25.6. The molecule has 0 spiro atoms. The molecule has 1 saturated heterocycles. The summed E-state index contributed by atoms with van der Waals surface area (Å²) in [5, 5.41) is 7.64. The number of likely N-dealkylation sites (tertiary alicyclic amines) is 1. The van der Waals surface area contributed by atoms with E-state index in [-0.39, 0.29) is 5.91 Å². The highest BCUT2D eigenvalue weighted by molar-refractivity contribution is 6.33. The van der Waals surface area contributed by atoms with Crippen molar-refractivity contribution < 1.29 is 9.53 Å². The standard InChI is InChI=1S/C28H30ClN7O2/c1-5-26(37)32-22-12-23(25(38-4)13-24(22)36(3)17-10-11-35(2)16-17)33-28-31-15-20(29)27(34-28)19-14-30-21-9-7-6-8-18(19)21/h5-9,12-15,17,30H,1,10-11,16H2,2-4H3,(H,32,37)(H,31,33,34). The van der Waals surface area contributed by atoms with Crippen molar-refractivity contribution in [1.29, 1.82) is 0 Å². The van der Waals surface area contributed by atoms with E-state index in [4.69, 9.17) is 21.3 Å². The minimum atomic E-state index is -0.302. The number of amides is 1. The molecule has 2 aromatic heterocycles. The second kappa shape index (κ2) is 10.7. The monoisotopic (exact) mass is 531 g/mol. The van der Waals surface area contributed by atoms with E-state index in [0.29, 0.717) is 39.8 Å². The Morgan fingerprint density at radius 3 is 2.87 bits per heavy atom. The fourth-order valence-corrected chi connectivity index (χ4v) is 5.03.